The molecule has 0 spiro atoms. The second-order valence-corrected chi connectivity index (χ2v) is 4.55. The molecule has 12 heavy (non-hydrogen) atoms. The molecule has 0 saturated carbocycles. The van der Waals surface area contributed by atoms with Crippen LogP contribution in [-0.2, 0) is 0 Å². The van der Waals surface area contributed by atoms with Crippen LogP contribution in [0.2, 0.25) is 5.02 Å². The van der Waals surface area contributed by atoms with Crippen LogP contribution in [0.25, 0.3) is 10.1 Å². The third-order valence-electron chi connectivity index (χ3n) is 1.81. The number of thiophene rings is 1. The molecule has 2 rings (SSSR count). The second-order valence-electron chi connectivity index (χ2n) is 2.72. The molecule has 2 aromatic rings. The molecule has 0 atom stereocenters. The van der Waals surface area contributed by atoms with Crippen LogP contribution in [0.15, 0.2) is 22.4 Å². The minimum Gasteiger partial charge on any atom is -0.143 e. The summed E-state index contributed by atoms with van der Waals surface area (Å²) in [4.78, 5) is 0.999. The van der Waals surface area contributed by atoms with Gasteiger partial charge in [-0.1, -0.05) is 11.6 Å². The Morgan fingerprint density at radius 1 is 1.42 bits per heavy atom. The molecule has 1 aromatic heterocycles. The highest BCUT2D eigenvalue weighted by atomic mass is 35.5. The van der Waals surface area contributed by atoms with E-state index in [-0.39, 0.29) is 0 Å². The Bertz CT molecular complexity index is 431. The Hall–Kier alpha value is -0.180. The van der Waals surface area contributed by atoms with Gasteiger partial charge in [-0.15, -0.1) is 24.0 Å². The summed E-state index contributed by atoms with van der Waals surface area (Å²) in [6.07, 6.45) is 0. The Labute approximate surface area is 85.6 Å². The molecule has 3 heteroatoms. The minimum atomic E-state index is 0.848. The van der Waals surface area contributed by atoms with Gasteiger partial charge in [0, 0.05) is 20.4 Å². The van der Waals surface area contributed by atoms with Crippen LogP contribution in [0.3, 0.4) is 0 Å². The summed E-state index contributed by atoms with van der Waals surface area (Å²) in [7, 11) is 0. The van der Waals surface area contributed by atoms with E-state index in [4.69, 9.17) is 11.6 Å². The van der Waals surface area contributed by atoms with E-state index in [1.54, 1.807) is 11.3 Å². The van der Waals surface area contributed by atoms with Crippen LogP contribution in [0.1, 0.15) is 5.56 Å². The maximum Gasteiger partial charge on any atom is 0.0594 e. The lowest BCUT2D eigenvalue weighted by atomic mass is 10.1. The van der Waals surface area contributed by atoms with Crippen molar-refractivity contribution in [1.29, 1.82) is 0 Å². The van der Waals surface area contributed by atoms with Crippen molar-refractivity contribution in [3.63, 3.8) is 0 Å². The van der Waals surface area contributed by atoms with Crippen LogP contribution in [0.4, 0.5) is 0 Å². The molecule has 0 nitrogen and oxygen atoms in total. The van der Waals surface area contributed by atoms with Gasteiger partial charge in [0.25, 0.3) is 0 Å². The fraction of sp³-hybridized carbons (Fsp3) is 0.111. The molecular formula is C9H7ClS2. The van der Waals surface area contributed by atoms with E-state index in [0.29, 0.717) is 0 Å². The third kappa shape index (κ3) is 1.24. The molecule has 62 valence electrons. The van der Waals surface area contributed by atoms with Gasteiger partial charge in [-0.2, -0.15) is 0 Å². The average Bonchev–Trinajstić information content (AvgIpc) is 2.31. The lowest BCUT2D eigenvalue weighted by molar-refractivity contribution is 1.43. The lowest BCUT2D eigenvalue weighted by Crippen LogP contribution is -1.74. The Morgan fingerprint density at radius 3 is 2.92 bits per heavy atom. The van der Waals surface area contributed by atoms with Crippen LogP contribution < -0.4 is 0 Å². The van der Waals surface area contributed by atoms with Gasteiger partial charge in [-0.3, -0.25) is 0 Å². The van der Waals surface area contributed by atoms with Crippen molar-refractivity contribution in [1.82, 2.24) is 0 Å². The van der Waals surface area contributed by atoms with E-state index >= 15 is 0 Å². The maximum atomic E-state index is 6.02. The average molecular weight is 215 g/mol. The number of aryl methyl sites for hydroxylation is 1. The topological polar surface area (TPSA) is 0 Å². The zero-order chi connectivity index (χ0) is 8.72. The maximum absolute atomic E-state index is 6.02. The molecule has 0 aliphatic rings. The summed E-state index contributed by atoms with van der Waals surface area (Å²) in [6, 6.07) is 4.08. The fourth-order valence-electron chi connectivity index (χ4n) is 1.31. The molecule has 0 unspecified atom stereocenters. The summed E-state index contributed by atoms with van der Waals surface area (Å²) in [5, 5.41) is 3.98. The van der Waals surface area contributed by atoms with Crippen molar-refractivity contribution >= 4 is 45.7 Å². The molecule has 0 fully saturated rings. The van der Waals surface area contributed by atoms with Crippen molar-refractivity contribution in [2.24, 2.45) is 0 Å². The molecule has 0 aliphatic heterocycles. The first kappa shape index (κ1) is 8.42. The highest BCUT2D eigenvalue weighted by Gasteiger charge is 2.04. The predicted molar refractivity (Wildman–Crippen MR) is 58.8 cm³/mol. The van der Waals surface area contributed by atoms with Crippen molar-refractivity contribution in [3.8, 4) is 0 Å². The number of fused-ring (bicyclic) bond motifs is 1. The Kier molecular flexibility index (Phi) is 2.07. The van der Waals surface area contributed by atoms with Crippen molar-refractivity contribution in [3.05, 3.63) is 28.1 Å². The van der Waals surface area contributed by atoms with Gasteiger partial charge < -0.3 is 0 Å². The lowest BCUT2D eigenvalue weighted by Gasteiger charge is -1.98. The first-order chi connectivity index (χ1) is 5.68. The number of halogens is 1. The van der Waals surface area contributed by atoms with Gasteiger partial charge in [0.1, 0.15) is 0 Å². The summed E-state index contributed by atoms with van der Waals surface area (Å²) >= 11 is 12.0. The summed E-state index contributed by atoms with van der Waals surface area (Å²) in [5.41, 5.74) is 1.20. The van der Waals surface area contributed by atoms with Gasteiger partial charge in [0.15, 0.2) is 0 Å². The largest absolute Gasteiger partial charge is 0.143 e. The Balaban J connectivity index is 2.93. The normalized spacial score (nSPS) is 10.9. The molecule has 0 bridgehead atoms. The van der Waals surface area contributed by atoms with E-state index in [9.17, 15) is 0 Å². The molecular weight excluding hydrogens is 208 g/mol. The second kappa shape index (κ2) is 2.95. The van der Waals surface area contributed by atoms with Crippen LogP contribution >= 0.6 is 35.6 Å². The monoisotopic (exact) mass is 214 g/mol. The first-order valence-corrected chi connectivity index (χ1v) is 5.25. The van der Waals surface area contributed by atoms with Crippen molar-refractivity contribution in [2.75, 3.05) is 0 Å². The molecule has 0 saturated heterocycles. The first-order valence-electron chi connectivity index (χ1n) is 3.55. The quantitative estimate of drug-likeness (QED) is 0.626. The zero-order valence-electron chi connectivity index (χ0n) is 6.47. The highest BCUT2D eigenvalue weighted by Crippen LogP contribution is 2.33. The number of hydrogen-bond acceptors (Lipinski definition) is 2. The van der Waals surface area contributed by atoms with Gasteiger partial charge in [-0.05, 0) is 24.6 Å². The number of thiol groups is 1. The SMILES string of the molecule is Cc1cc(S)cc2scc(Cl)c12. The van der Waals surface area contributed by atoms with Crippen molar-refractivity contribution in [2.45, 2.75) is 11.8 Å². The standard InChI is InChI=1S/C9H7ClS2/c1-5-2-6(11)3-8-9(5)7(10)4-12-8/h2-4,11H,1H3. The van der Waals surface area contributed by atoms with E-state index in [2.05, 4.69) is 19.6 Å². The molecule has 0 aliphatic carbocycles. The number of rotatable bonds is 0. The Morgan fingerprint density at radius 2 is 2.17 bits per heavy atom. The predicted octanol–water partition coefficient (Wildman–Crippen LogP) is 4.15. The smallest absolute Gasteiger partial charge is 0.0594 e. The van der Waals surface area contributed by atoms with Gasteiger partial charge in [0.05, 0.1) is 5.02 Å². The molecule has 1 aromatic carbocycles. The summed E-state index contributed by atoms with van der Waals surface area (Å²) < 4.78 is 1.21. The summed E-state index contributed by atoms with van der Waals surface area (Å²) in [6.45, 7) is 2.06. The van der Waals surface area contributed by atoms with Gasteiger partial charge >= 0.3 is 0 Å². The van der Waals surface area contributed by atoms with E-state index in [1.165, 1.54) is 15.6 Å². The van der Waals surface area contributed by atoms with Gasteiger partial charge in [0.2, 0.25) is 0 Å². The van der Waals surface area contributed by atoms with Gasteiger partial charge in [-0.25, -0.2) is 0 Å². The summed E-state index contributed by atoms with van der Waals surface area (Å²) in [5.74, 6) is 0. The highest BCUT2D eigenvalue weighted by molar-refractivity contribution is 7.80. The van der Waals surface area contributed by atoms with E-state index < -0.39 is 0 Å². The van der Waals surface area contributed by atoms with Crippen LogP contribution in [-0.4, -0.2) is 0 Å². The number of benzene rings is 1. The van der Waals surface area contributed by atoms with Crippen LogP contribution in [0.5, 0.6) is 0 Å². The van der Waals surface area contributed by atoms with Crippen LogP contribution in [0, 0.1) is 6.92 Å². The zero-order valence-corrected chi connectivity index (χ0v) is 8.93. The van der Waals surface area contributed by atoms with Crippen molar-refractivity contribution < 1.29 is 0 Å². The molecule has 0 amide bonds. The minimum absolute atomic E-state index is 0.848. The molecule has 0 N–H and O–H groups in total. The third-order valence-corrected chi connectivity index (χ3v) is 3.43. The van der Waals surface area contributed by atoms with E-state index in [0.717, 1.165) is 9.92 Å². The molecule has 0 radical (unpaired) electrons. The van der Waals surface area contributed by atoms with E-state index in [1.807, 2.05) is 17.5 Å². The number of hydrogen-bond donors (Lipinski definition) is 1. The fourth-order valence-corrected chi connectivity index (χ4v) is 3.09. The molecule has 1 heterocycles.